The number of hydrogen-bond acceptors (Lipinski definition) is 5. The molecule has 1 amide bonds. The summed E-state index contributed by atoms with van der Waals surface area (Å²) in [4.78, 5) is 20.1. The number of amides is 1. The molecule has 0 radical (unpaired) electrons. The predicted molar refractivity (Wildman–Crippen MR) is 111 cm³/mol. The van der Waals surface area contributed by atoms with Crippen LogP contribution < -0.4 is 10.6 Å². The first kappa shape index (κ1) is 19.1. The van der Waals surface area contributed by atoms with E-state index in [0.717, 1.165) is 41.9 Å². The Morgan fingerprint density at radius 1 is 1.13 bits per heavy atom. The van der Waals surface area contributed by atoms with Crippen molar-refractivity contribution in [2.75, 3.05) is 10.6 Å². The van der Waals surface area contributed by atoms with Crippen molar-refractivity contribution in [3.05, 3.63) is 71.9 Å². The molecule has 3 aromatic heterocycles. The van der Waals surface area contributed by atoms with Crippen LogP contribution >= 0.6 is 0 Å². The van der Waals surface area contributed by atoms with E-state index < -0.39 is 11.6 Å². The number of carbonyl (C=O) groups excluding carboxylic acids is 1. The fourth-order valence-corrected chi connectivity index (χ4v) is 3.26. The van der Waals surface area contributed by atoms with Crippen molar-refractivity contribution in [3.8, 4) is 11.3 Å². The normalized spacial score (nSPS) is 13.4. The Kier molecular flexibility index (Phi) is 4.78. The number of fused-ring (bicyclic) bond motifs is 1. The molecule has 2 N–H and O–H groups in total. The highest BCUT2D eigenvalue weighted by Crippen LogP contribution is 2.30. The van der Waals surface area contributed by atoms with E-state index >= 15 is 0 Å². The van der Waals surface area contributed by atoms with Crippen LogP contribution in [0.3, 0.4) is 0 Å². The number of anilines is 2. The molecule has 5 rings (SSSR count). The third kappa shape index (κ3) is 4.07. The van der Waals surface area contributed by atoms with Gasteiger partial charge in [-0.15, -0.1) is 5.10 Å². The number of benzene rings is 1. The maximum absolute atomic E-state index is 13.7. The third-order valence-corrected chi connectivity index (χ3v) is 5.06. The highest BCUT2D eigenvalue weighted by molar-refractivity contribution is 5.92. The Morgan fingerprint density at radius 2 is 1.94 bits per heavy atom. The Morgan fingerprint density at radius 3 is 2.68 bits per heavy atom. The molecular formula is C22H18F2N6O. The molecular weight excluding hydrogens is 402 g/mol. The number of carbonyl (C=O) groups is 1. The Bertz CT molecular complexity index is 1270. The lowest BCUT2D eigenvalue weighted by molar-refractivity contribution is -0.117. The summed E-state index contributed by atoms with van der Waals surface area (Å²) in [6.45, 7) is 0.334. The third-order valence-electron chi connectivity index (χ3n) is 5.06. The first-order chi connectivity index (χ1) is 15.1. The van der Waals surface area contributed by atoms with Gasteiger partial charge in [0.25, 0.3) is 0 Å². The molecule has 1 aromatic carbocycles. The van der Waals surface area contributed by atoms with Crippen LogP contribution in [0.4, 0.5) is 20.5 Å². The maximum Gasteiger partial charge on any atom is 0.249 e. The van der Waals surface area contributed by atoms with E-state index in [4.69, 9.17) is 0 Å². The summed E-state index contributed by atoms with van der Waals surface area (Å²) in [5.41, 5.74) is 3.26. The van der Waals surface area contributed by atoms with E-state index in [9.17, 15) is 13.6 Å². The molecule has 31 heavy (non-hydrogen) atoms. The fourth-order valence-electron chi connectivity index (χ4n) is 3.26. The van der Waals surface area contributed by atoms with E-state index in [1.807, 2.05) is 42.5 Å². The van der Waals surface area contributed by atoms with Crippen LogP contribution in [0.5, 0.6) is 0 Å². The van der Waals surface area contributed by atoms with E-state index in [1.165, 1.54) is 0 Å². The minimum atomic E-state index is -0.737. The van der Waals surface area contributed by atoms with E-state index in [2.05, 4.69) is 25.7 Å². The molecule has 0 bridgehead atoms. The molecule has 7 nitrogen and oxygen atoms in total. The van der Waals surface area contributed by atoms with Crippen molar-refractivity contribution in [1.29, 1.82) is 0 Å². The zero-order chi connectivity index (χ0) is 21.4. The van der Waals surface area contributed by atoms with Gasteiger partial charge in [-0.05, 0) is 30.5 Å². The molecule has 1 fully saturated rings. The minimum absolute atomic E-state index is 0.00126. The van der Waals surface area contributed by atoms with Crippen LogP contribution in [-0.2, 0) is 11.3 Å². The second kappa shape index (κ2) is 7.75. The molecule has 0 saturated heterocycles. The van der Waals surface area contributed by atoms with Gasteiger partial charge in [0.15, 0.2) is 17.3 Å². The van der Waals surface area contributed by atoms with Crippen LogP contribution in [0.25, 0.3) is 16.9 Å². The number of hydrogen-bond donors (Lipinski definition) is 2. The highest BCUT2D eigenvalue weighted by Gasteiger charge is 2.30. The highest BCUT2D eigenvalue weighted by atomic mass is 19.1. The van der Waals surface area contributed by atoms with Crippen molar-refractivity contribution in [1.82, 2.24) is 19.6 Å². The van der Waals surface area contributed by atoms with Gasteiger partial charge in [-0.3, -0.25) is 10.1 Å². The minimum Gasteiger partial charge on any atom is -0.364 e. The summed E-state index contributed by atoms with van der Waals surface area (Å²) in [5, 5.41) is 10.1. The molecule has 9 heteroatoms. The van der Waals surface area contributed by atoms with Gasteiger partial charge in [0.05, 0.1) is 11.9 Å². The molecule has 0 unspecified atom stereocenters. The van der Waals surface area contributed by atoms with Gasteiger partial charge in [-0.1, -0.05) is 30.3 Å². The second-order valence-electron chi connectivity index (χ2n) is 7.41. The zero-order valence-corrected chi connectivity index (χ0v) is 16.3. The van der Waals surface area contributed by atoms with E-state index in [-0.39, 0.29) is 17.6 Å². The lowest BCUT2D eigenvalue weighted by Gasteiger charge is -2.08. The number of pyridine rings is 2. The van der Waals surface area contributed by atoms with E-state index in [1.54, 1.807) is 4.52 Å². The molecule has 1 saturated carbocycles. The predicted octanol–water partition coefficient (Wildman–Crippen LogP) is 4.03. The van der Waals surface area contributed by atoms with Gasteiger partial charge in [-0.2, -0.15) is 4.98 Å². The first-order valence-electron chi connectivity index (χ1n) is 9.88. The quantitative estimate of drug-likeness (QED) is 0.492. The Balaban J connectivity index is 1.34. The first-order valence-corrected chi connectivity index (χ1v) is 9.88. The number of rotatable bonds is 6. The molecule has 0 atom stereocenters. The Labute approximate surface area is 176 Å². The van der Waals surface area contributed by atoms with Gasteiger partial charge in [0.2, 0.25) is 11.9 Å². The van der Waals surface area contributed by atoms with Crippen molar-refractivity contribution in [2.45, 2.75) is 19.4 Å². The summed E-state index contributed by atoms with van der Waals surface area (Å²) in [6.07, 6.45) is 2.79. The number of halogens is 2. The van der Waals surface area contributed by atoms with Gasteiger partial charge in [0.1, 0.15) is 5.82 Å². The van der Waals surface area contributed by atoms with Crippen LogP contribution in [-0.4, -0.2) is 25.5 Å². The molecule has 4 aromatic rings. The summed E-state index contributed by atoms with van der Waals surface area (Å²) in [7, 11) is 0. The molecule has 0 spiro atoms. The summed E-state index contributed by atoms with van der Waals surface area (Å²) in [6, 6.07) is 14.0. The maximum atomic E-state index is 13.7. The fraction of sp³-hybridized carbons (Fsp3) is 0.182. The summed E-state index contributed by atoms with van der Waals surface area (Å²) < 4.78 is 28.4. The van der Waals surface area contributed by atoms with Gasteiger partial charge in [0, 0.05) is 24.1 Å². The lowest BCUT2D eigenvalue weighted by atomic mass is 10.1. The molecule has 3 heterocycles. The average Bonchev–Trinajstić information content (AvgIpc) is 3.53. The SMILES string of the molecule is O=C(Nc1nc2cccc(-c3ccc(CNc4ncc(F)cc4F)cc3)n2n1)C1CC1. The van der Waals surface area contributed by atoms with Gasteiger partial charge < -0.3 is 5.32 Å². The van der Waals surface area contributed by atoms with Crippen LogP contribution in [0.15, 0.2) is 54.7 Å². The van der Waals surface area contributed by atoms with Gasteiger partial charge in [-0.25, -0.2) is 18.3 Å². The molecule has 1 aliphatic carbocycles. The standard InChI is InChI=1S/C22H18F2N6O/c23-16-10-17(24)20(26-12-16)25-11-13-4-6-14(7-5-13)18-2-1-3-19-27-22(29-30(18)19)28-21(31)15-8-9-15/h1-7,10,12,15H,8-9,11H2,(H,25,26)(H,28,29,31). The van der Waals surface area contributed by atoms with Crippen molar-refractivity contribution < 1.29 is 13.6 Å². The lowest BCUT2D eigenvalue weighted by Crippen LogP contribution is -2.14. The van der Waals surface area contributed by atoms with E-state index in [0.29, 0.717) is 18.1 Å². The molecule has 0 aliphatic heterocycles. The van der Waals surface area contributed by atoms with Crippen LogP contribution in [0.1, 0.15) is 18.4 Å². The number of nitrogens with one attached hydrogen (secondary N) is 2. The van der Waals surface area contributed by atoms with Crippen molar-refractivity contribution >= 4 is 23.3 Å². The summed E-state index contributed by atoms with van der Waals surface area (Å²) >= 11 is 0. The molecule has 1 aliphatic rings. The molecule has 156 valence electrons. The topological polar surface area (TPSA) is 84.2 Å². The van der Waals surface area contributed by atoms with Gasteiger partial charge >= 0.3 is 0 Å². The van der Waals surface area contributed by atoms with Crippen molar-refractivity contribution in [2.24, 2.45) is 5.92 Å². The Hall–Kier alpha value is -3.88. The average molecular weight is 420 g/mol. The largest absolute Gasteiger partial charge is 0.364 e. The number of aromatic nitrogens is 4. The van der Waals surface area contributed by atoms with Crippen LogP contribution in [0.2, 0.25) is 0 Å². The second-order valence-corrected chi connectivity index (χ2v) is 7.41. The number of nitrogens with zero attached hydrogens (tertiary/aromatic N) is 4. The van der Waals surface area contributed by atoms with Crippen molar-refractivity contribution in [3.63, 3.8) is 0 Å². The summed E-state index contributed by atoms with van der Waals surface area (Å²) in [5.74, 6) is -1.13. The smallest absolute Gasteiger partial charge is 0.249 e. The van der Waals surface area contributed by atoms with Crippen LogP contribution in [0, 0.1) is 17.6 Å². The monoisotopic (exact) mass is 420 g/mol. The zero-order valence-electron chi connectivity index (χ0n) is 16.3.